The second-order valence-corrected chi connectivity index (χ2v) is 6.53. The van der Waals surface area contributed by atoms with Gasteiger partial charge in [0.05, 0.1) is 0 Å². The van der Waals surface area contributed by atoms with E-state index in [0.29, 0.717) is 18.4 Å². The molecule has 0 radical (unpaired) electrons. The van der Waals surface area contributed by atoms with Gasteiger partial charge in [-0.25, -0.2) is 4.39 Å². The normalized spacial score (nSPS) is 12.6. The molecule has 0 saturated heterocycles. The Balaban J connectivity index is 0.00000576. The highest BCUT2D eigenvalue weighted by atomic mass is 127. The van der Waals surface area contributed by atoms with Gasteiger partial charge in [0, 0.05) is 26.2 Å². The van der Waals surface area contributed by atoms with Crippen LogP contribution in [0, 0.1) is 17.7 Å². The van der Waals surface area contributed by atoms with Gasteiger partial charge in [-0.1, -0.05) is 26.0 Å². The van der Waals surface area contributed by atoms with Crippen LogP contribution in [0.4, 0.5) is 4.39 Å². The van der Waals surface area contributed by atoms with Crippen LogP contribution in [0.5, 0.6) is 0 Å². The zero-order valence-electron chi connectivity index (χ0n) is 15.6. The number of aliphatic hydroxyl groups excluding tert-OH is 1. The Labute approximate surface area is 168 Å². The summed E-state index contributed by atoms with van der Waals surface area (Å²) in [6.45, 7) is 8.90. The maximum Gasteiger partial charge on any atom is 0.191 e. The summed E-state index contributed by atoms with van der Waals surface area (Å²) in [7, 11) is 0. The molecule has 0 bridgehead atoms. The summed E-state index contributed by atoms with van der Waals surface area (Å²) in [5, 5.41) is 15.8. The van der Waals surface area contributed by atoms with Crippen molar-refractivity contribution in [3.05, 3.63) is 35.6 Å². The number of hydrogen-bond donors (Lipinski definition) is 3. The van der Waals surface area contributed by atoms with Crippen molar-refractivity contribution in [3.8, 4) is 0 Å². The second-order valence-electron chi connectivity index (χ2n) is 6.53. The van der Waals surface area contributed by atoms with Crippen LogP contribution in [-0.4, -0.2) is 37.3 Å². The van der Waals surface area contributed by atoms with Crippen molar-refractivity contribution in [3.63, 3.8) is 0 Å². The molecule has 0 spiro atoms. The Bertz CT molecular complexity index is 480. The molecular formula is C19H33FIN3O. The number of aliphatic hydroxyl groups is 1. The standard InChI is InChI=1S/C19H32FN3O.HI/c1-4-21-19(23-14-17(10-12-24)13-15(2)3)22-11-9-16-5-7-18(20)8-6-16;/h5-8,15,17,24H,4,9-14H2,1-3H3,(H2,21,22,23);1H. The number of halogens is 2. The third-order valence-electron chi connectivity index (χ3n) is 3.81. The molecule has 0 aliphatic carbocycles. The Morgan fingerprint density at radius 3 is 2.44 bits per heavy atom. The highest BCUT2D eigenvalue weighted by molar-refractivity contribution is 14.0. The average Bonchev–Trinajstić information content (AvgIpc) is 2.54. The molecule has 4 nitrogen and oxygen atoms in total. The van der Waals surface area contributed by atoms with E-state index in [0.717, 1.165) is 43.9 Å². The first-order valence-corrected chi connectivity index (χ1v) is 8.92. The third kappa shape index (κ3) is 11.4. The van der Waals surface area contributed by atoms with Gasteiger partial charge < -0.3 is 15.7 Å². The van der Waals surface area contributed by atoms with Gasteiger partial charge >= 0.3 is 0 Å². The van der Waals surface area contributed by atoms with E-state index in [-0.39, 0.29) is 36.4 Å². The third-order valence-corrected chi connectivity index (χ3v) is 3.81. The van der Waals surface area contributed by atoms with Crippen molar-refractivity contribution in [2.24, 2.45) is 16.8 Å². The molecule has 0 heterocycles. The predicted molar refractivity (Wildman–Crippen MR) is 114 cm³/mol. The smallest absolute Gasteiger partial charge is 0.191 e. The van der Waals surface area contributed by atoms with E-state index < -0.39 is 0 Å². The van der Waals surface area contributed by atoms with E-state index in [1.807, 2.05) is 6.92 Å². The Kier molecular flexibility index (Phi) is 13.8. The lowest BCUT2D eigenvalue weighted by atomic mass is 9.94. The van der Waals surface area contributed by atoms with Crippen LogP contribution < -0.4 is 10.6 Å². The lowest BCUT2D eigenvalue weighted by Crippen LogP contribution is -2.38. The number of nitrogens with one attached hydrogen (secondary N) is 2. The summed E-state index contributed by atoms with van der Waals surface area (Å²) in [6, 6.07) is 6.59. The topological polar surface area (TPSA) is 56.7 Å². The molecule has 1 aromatic carbocycles. The summed E-state index contributed by atoms with van der Waals surface area (Å²) in [6.07, 6.45) is 2.67. The Morgan fingerprint density at radius 2 is 1.88 bits per heavy atom. The minimum Gasteiger partial charge on any atom is -0.396 e. The van der Waals surface area contributed by atoms with E-state index in [1.165, 1.54) is 12.1 Å². The molecule has 0 amide bonds. The Morgan fingerprint density at radius 1 is 1.20 bits per heavy atom. The monoisotopic (exact) mass is 465 g/mol. The molecule has 0 saturated carbocycles. The van der Waals surface area contributed by atoms with Gasteiger partial charge in [0.15, 0.2) is 5.96 Å². The van der Waals surface area contributed by atoms with Gasteiger partial charge in [-0.2, -0.15) is 0 Å². The molecule has 25 heavy (non-hydrogen) atoms. The zero-order chi connectivity index (χ0) is 17.8. The zero-order valence-corrected chi connectivity index (χ0v) is 17.9. The van der Waals surface area contributed by atoms with Crippen LogP contribution in [-0.2, 0) is 6.42 Å². The molecular weight excluding hydrogens is 432 g/mol. The van der Waals surface area contributed by atoms with Crippen LogP contribution in [0.2, 0.25) is 0 Å². The SMILES string of the molecule is CCNC(=NCC(CCO)CC(C)C)NCCc1ccc(F)cc1.I. The molecule has 1 rings (SSSR count). The number of guanidine groups is 1. The van der Waals surface area contributed by atoms with Crippen molar-refractivity contribution < 1.29 is 9.50 Å². The van der Waals surface area contributed by atoms with Crippen molar-refractivity contribution in [2.45, 2.75) is 40.0 Å². The molecule has 1 unspecified atom stereocenters. The molecule has 0 aliphatic rings. The molecule has 144 valence electrons. The van der Waals surface area contributed by atoms with Gasteiger partial charge in [-0.3, -0.25) is 4.99 Å². The van der Waals surface area contributed by atoms with Crippen LogP contribution in [0.15, 0.2) is 29.3 Å². The number of hydrogen-bond acceptors (Lipinski definition) is 2. The predicted octanol–water partition coefficient (Wildman–Crippen LogP) is 3.59. The number of nitrogens with zero attached hydrogens (tertiary/aromatic N) is 1. The van der Waals surface area contributed by atoms with E-state index in [2.05, 4.69) is 29.5 Å². The number of rotatable bonds is 10. The van der Waals surface area contributed by atoms with E-state index in [1.54, 1.807) is 12.1 Å². The lowest BCUT2D eigenvalue weighted by Gasteiger charge is -2.17. The van der Waals surface area contributed by atoms with Gasteiger partial charge in [0.25, 0.3) is 0 Å². The molecule has 3 N–H and O–H groups in total. The fraction of sp³-hybridized carbons (Fsp3) is 0.632. The summed E-state index contributed by atoms with van der Waals surface area (Å²) in [5.74, 6) is 1.60. The van der Waals surface area contributed by atoms with Gasteiger partial charge in [0.2, 0.25) is 0 Å². The van der Waals surface area contributed by atoms with E-state index >= 15 is 0 Å². The van der Waals surface area contributed by atoms with E-state index in [9.17, 15) is 9.50 Å². The Hall–Kier alpha value is -0.890. The van der Waals surface area contributed by atoms with Crippen LogP contribution in [0.3, 0.4) is 0 Å². The largest absolute Gasteiger partial charge is 0.396 e. The van der Waals surface area contributed by atoms with Crippen LogP contribution in [0.1, 0.15) is 39.2 Å². The summed E-state index contributed by atoms with van der Waals surface area (Å²) in [4.78, 5) is 4.65. The lowest BCUT2D eigenvalue weighted by molar-refractivity contribution is 0.245. The maximum atomic E-state index is 12.9. The fourth-order valence-electron chi connectivity index (χ4n) is 2.67. The molecule has 6 heteroatoms. The number of aliphatic imine (C=N–C) groups is 1. The average molecular weight is 465 g/mol. The first kappa shape index (κ1) is 24.1. The molecule has 1 aromatic rings. The maximum absolute atomic E-state index is 12.9. The van der Waals surface area contributed by atoms with Crippen molar-refractivity contribution in [2.75, 3.05) is 26.2 Å². The van der Waals surface area contributed by atoms with Gasteiger partial charge in [0.1, 0.15) is 5.82 Å². The minimum atomic E-state index is -0.207. The second kappa shape index (κ2) is 14.3. The van der Waals surface area contributed by atoms with Crippen molar-refractivity contribution in [1.82, 2.24) is 10.6 Å². The van der Waals surface area contributed by atoms with Crippen LogP contribution >= 0.6 is 24.0 Å². The van der Waals surface area contributed by atoms with E-state index in [4.69, 9.17) is 0 Å². The first-order valence-electron chi connectivity index (χ1n) is 8.92. The summed E-state index contributed by atoms with van der Waals surface area (Å²) in [5.41, 5.74) is 1.10. The van der Waals surface area contributed by atoms with Crippen molar-refractivity contribution in [1.29, 1.82) is 0 Å². The minimum absolute atomic E-state index is 0. The summed E-state index contributed by atoms with van der Waals surface area (Å²) >= 11 is 0. The number of benzene rings is 1. The van der Waals surface area contributed by atoms with Crippen molar-refractivity contribution >= 4 is 29.9 Å². The molecule has 0 fully saturated rings. The van der Waals surface area contributed by atoms with Gasteiger partial charge in [-0.05, 0) is 55.7 Å². The molecule has 0 aliphatic heterocycles. The highest BCUT2D eigenvalue weighted by Crippen LogP contribution is 2.15. The summed E-state index contributed by atoms with van der Waals surface area (Å²) < 4.78 is 12.9. The first-order chi connectivity index (χ1) is 11.5. The molecule has 0 aromatic heterocycles. The highest BCUT2D eigenvalue weighted by Gasteiger charge is 2.10. The fourth-order valence-corrected chi connectivity index (χ4v) is 2.67. The van der Waals surface area contributed by atoms with Crippen LogP contribution in [0.25, 0.3) is 0 Å². The van der Waals surface area contributed by atoms with Gasteiger partial charge in [-0.15, -0.1) is 24.0 Å². The quantitative estimate of drug-likeness (QED) is 0.281. The molecule has 1 atom stereocenters.